The lowest BCUT2D eigenvalue weighted by Gasteiger charge is -2.28. The molecule has 0 saturated carbocycles. The first-order valence-electron chi connectivity index (χ1n) is 11.6. The number of aryl methyl sites for hydroxylation is 1. The van der Waals surface area contributed by atoms with Crippen LogP contribution in [0.4, 0.5) is 0 Å². The molecule has 3 rings (SSSR count). The molecule has 2 heterocycles. The second-order valence-corrected chi connectivity index (χ2v) is 9.41. The summed E-state index contributed by atoms with van der Waals surface area (Å²) >= 11 is 0. The van der Waals surface area contributed by atoms with Gasteiger partial charge in [-0.05, 0) is 45.3 Å². The summed E-state index contributed by atoms with van der Waals surface area (Å²) in [7, 11) is 3.22. The SMILES string of the molecule is COCC1=CC=CCC=C1CC(=O)Cc1c(C)nc(C(C)(C)NC(=O)C2=NN=C(C)C2)n(C)c1=O. The van der Waals surface area contributed by atoms with Gasteiger partial charge < -0.3 is 10.1 Å². The molecular weight excluding hydrogens is 446 g/mol. The summed E-state index contributed by atoms with van der Waals surface area (Å²) < 4.78 is 6.67. The van der Waals surface area contributed by atoms with Crippen LogP contribution in [0.3, 0.4) is 0 Å². The van der Waals surface area contributed by atoms with E-state index in [0.29, 0.717) is 35.8 Å². The zero-order valence-electron chi connectivity index (χ0n) is 21.3. The van der Waals surface area contributed by atoms with E-state index in [2.05, 4.69) is 20.5 Å². The third-order valence-electron chi connectivity index (χ3n) is 6.01. The molecule has 0 bridgehead atoms. The fraction of sp³-hybridized carbons (Fsp3) is 0.462. The van der Waals surface area contributed by atoms with E-state index in [4.69, 9.17) is 4.74 Å². The Hall–Kier alpha value is -3.46. The minimum atomic E-state index is -0.949. The molecule has 0 atom stereocenters. The summed E-state index contributed by atoms with van der Waals surface area (Å²) in [5.41, 5.74) is 2.54. The number of ketones is 1. The van der Waals surface area contributed by atoms with Gasteiger partial charge in [0.05, 0.1) is 12.1 Å². The molecule has 9 heteroatoms. The van der Waals surface area contributed by atoms with Gasteiger partial charge >= 0.3 is 0 Å². The van der Waals surface area contributed by atoms with Gasteiger partial charge in [-0.3, -0.25) is 19.0 Å². The van der Waals surface area contributed by atoms with Crippen molar-refractivity contribution in [1.29, 1.82) is 0 Å². The molecule has 1 aliphatic carbocycles. The predicted molar refractivity (Wildman–Crippen MR) is 136 cm³/mol. The molecule has 1 aromatic rings. The Balaban J connectivity index is 1.79. The Kier molecular flexibility index (Phi) is 8.11. The van der Waals surface area contributed by atoms with Gasteiger partial charge in [0.1, 0.15) is 17.3 Å². The Bertz CT molecular complexity index is 1240. The molecule has 1 N–H and O–H groups in total. The van der Waals surface area contributed by atoms with Crippen molar-refractivity contribution in [3.63, 3.8) is 0 Å². The lowest BCUT2D eigenvalue weighted by Crippen LogP contribution is -2.48. The highest BCUT2D eigenvalue weighted by Crippen LogP contribution is 2.21. The fourth-order valence-corrected chi connectivity index (χ4v) is 4.18. The van der Waals surface area contributed by atoms with Crippen molar-refractivity contribution >= 4 is 23.1 Å². The van der Waals surface area contributed by atoms with Crippen molar-refractivity contribution in [2.24, 2.45) is 17.3 Å². The van der Waals surface area contributed by atoms with Gasteiger partial charge in [-0.2, -0.15) is 5.10 Å². The number of allylic oxidation sites excluding steroid dienone is 4. The van der Waals surface area contributed by atoms with E-state index in [1.54, 1.807) is 34.9 Å². The molecular formula is C26H33N5O4. The number of methoxy groups -OCH3 is 1. The molecule has 0 spiro atoms. The Morgan fingerprint density at radius 3 is 2.57 bits per heavy atom. The molecule has 35 heavy (non-hydrogen) atoms. The maximum Gasteiger partial charge on any atom is 0.268 e. The Morgan fingerprint density at radius 1 is 1.17 bits per heavy atom. The van der Waals surface area contributed by atoms with Gasteiger partial charge in [-0.25, -0.2) is 4.98 Å². The molecule has 186 valence electrons. The summed E-state index contributed by atoms with van der Waals surface area (Å²) in [4.78, 5) is 43.5. The molecule has 1 aromatic heterocycles. The number of rotatable bonds is 9. The average Bonchev–Trinajstić information content (AvgIpc) is 3.12. The van der Waals surface area contributed by atoms with Crippen LogP contribution in [0.1, 0.15) is 57.1 Å². The molecule has 2 aliphatic rings. The quantitative estimate of drug-likeness (QED) is 0.585. The van der Waals surface area contributed by atoms with Crippen molar-refractivity contribution in [2.75, 3.05) is 13.7 Å². The minimum Gasteiger partial charge on any atom is -0.380 e. The van der Waals surface area contributed by atoms with Crippen molar-refractivity contribution in [2.45, 2.75) is 58.9 Å². The fourth-order valence-electron chi connectivity index (χ4n) is 4.18. The van der Waals surface area contributed by atoms with Crippen LogP contribution in [0.25, 0.3) is 0 Å². The molecule has 0 unspecified atom stereocenters. The van der Waals surface area contributed by atoms with Gasteiger partial charge in [-0.15, -0.1) is 5.10 Å². The van der Waals surface area contributed by atoms with E-state index < -0.39 is 5.54 Å². The lowest BCUT2D eigenvalue weighted by molar-refractivity contribution is -0.118. The van der Waals surface area contributed by atoms with E-state index in [-0.39, 0.29) is 30.1 Å². The number of nitrogens with one attached hydrogen (secondary N) is 1. The number of hydrogen-bond donors (Lipinski definition) is 1. The van der Waals surface area contributed by atoms with Crippen LogP contribution in [0.15, 0.2) is 50.4 Å². The summed E-state index contributed by atoms with van der Waals surface area (Å²) in [6, 6.07) is 0. The summed E-state index contributed by atoms with van der Waals surface area (Å²) in [5, 5.41) is 10.7. The van der Waals surface area contributed by atoms with Gasteiger partial charge in [0.15, 0.2) is 0 Å². The third kappa shape index (κ3) is 6.16. The van der Waals surface area contributed by atoms with Crippen LogP contribution in [0.2, 0.25) is 0 Å². The first kappa shape index (κ1) is 26.2. The van der Waals surface area contributed by atoms with Crippen molar-refractivity contribution in [3.05, 3.63) is 62.9 Å². The summed E-state index contributed by atoms with van der Waals surface area (Å²) in [6.07, 6.45) is 9.28. The molecule has 0 radical (unpaired) electrons. The van der Waals surface area contributed by atoms with Gasteiger partial charge in [0, 0.05) is 50.4 Å². The number of ether oxygens (including phenoxy) is 1. The second-order valence-electron chi connectivity index (χ2n) is 9.41. The Labute approximate surface area is 205 Å². The lowest BCUT2D eigenvalue weighted by atomic mass is 9.96. The number of hydrogen-bond acceptors (Lipinski definition) is 7. The van der Waals surface area contributed by atoms with Crippen LogP contribution >= 0.6 is 0 Å². The highest BCUT2D eigenvalue weighted by molar-refractivity contribution is 6.43. The number of carbonyl (C=O) groups is 2. The molecule has 0 aromatic carbocycles. The normalized spacial score (nSPS) is 15.7. The van der Waals surface area contributed by atoms with Crippen molar-refractivity contribution in [1.82, 2.24) is 14.9 Å². The van der Waals surface area contributed by atoms with Gasteiger partial charge in [0.2, 0.25) is 0 Å². The van der Waals surface area contributed by atoms with E-state index in [9.17, 15) is 14.4 Å². The van der Waals surface area contributed by atoms with Crippen LogP contribution in [-0.2, 0) is 33.3 Å². The van der Waals surface area contributed by atoms with E-state index >= 15 is 0 Å². The molecule has 9 nitrogen and oxygen atoms in total. The van der Waals surface area contributed by atoms with Gasteiger partial charge in [0.25, 0.3) is 11.5 Å². The van der Waals surface area contributed by atoms with E-state index in [1.165, 1.54) is 4.57 Å². The van der Waals surface area contributed by atoms with Crippen LogP contribution < -0.4 is 10.9 Å². The number of amides is 1. The van der Waals surface area contributed by atoms with Crippen molar-refractivity contribution < 1.29 is 14.3 Å². The van der Waals surface area contributed by atoms with Crippen molar-refractivity contribution in [3.8, 4) is 0 Å². The predicted octanol–water partition coefficient (Wildman–Crippen LogP) is 2.62. The molecule has 0 fully saturated rings. The molecule has 1 aliphatic heterocycles. The zero-order chi connectivity index (χ0) is 25.8. The maximum atomic E-state index is 13.3. The number of carbonyl (C=O) groups excluding carboxylic acids is 2. The second kappa shape index (κ2) is 10.9. The minimum absolute atomic E-state index is 0.0168. The van der Waals surface area contributed by atoms with Crippen LogP contribution in [0.5, 0.6) is 0 Å². The topological polar surface area (TPSA) is 115 Å². The summed E-state index contributed by atoms with van der Waals surface area (Å²) in [6.45, 7) is 7.49. The average molecular weight is 480 g/mol. The highest BCUT2D eigenvalue weighted by Gasteiger charge is 2.31. The third-order valence-corrected chi connectivity index (χ3v) is 6.01. The first-order valence-corrected chi connectivity index (χ1v) is 11.6. The molecule has 1 amide bonds. The van der Waals surface area contributed by atoms with E-state index in [0.717, 1.165) is 23.3 Å². The zero-order valence-corrected chi connectivity index (χ0v) is 21.3. The summed E-state index contributed by atoms with van der Waals surface area (Å²) in [5.74, 6) is -0.0337. The smallest absolute Gasteiger partial charge is 0.268 e. The largest absolute Gasteiger partial charge is 0.380 e. The van der Waals surface area contributed by atoms with E-state index in [1.807, 2.05) is 31.2 Å². The molecule has 0 saturated heterocycles. The number of Topliss-reactive ketones (excluding diaryl/α,β-unsaturated/α-hetero) is 1. The van der Waals surface area contributed by atoms with Crippen LogP contribution in [-0.4, -0.2) is 46.4 Å². The number of aromatic nitrogens is 2. The number of nitrogens with zero attached hydrogens (tertiary/aromatic N) is 4. The maximum absolute atomic E-state index is 13.3. The highest BCUT2D eigenvalue weighted by atomic mass is 16.5. The Morgan fingerprint density at radius 2 is 1.91 bits per heavy atom. The van der Waals surface area contributed by atoms with Crippen LogP contribution in [0, 0.1) is 6.92 Å². The monoisotopic (exact) mass is 479 g/mol. The van der Waals surface area contributed by atoms with Gasteiger partial charge in [-0.1, -0.05) is 24.3 Å². The first-order chi connectivity index (χ1) is 16.5. The standard InChI is InChI=1S/C26H33N5O4/c1-16-12-22(30-29-16)23(33)28-26(3,4)25-27-17(2)21(24(34)31(25)5)14-20(32)13-18-10-8-7-9-11-19(18)15-35-6/h7,9-11H,8,12-15H2,1-6H3,(H,28,33).